The molecule has 3 aromatic carbocycles. The number of aryl methyl sites for hydroxylation is 1. The van der Waals surface area contributed by atoms with Gasteiger partial charge in [0.25, 0.3) is 0 Å². The Labute approximate surface area is 158 Å². The van der Waals surface area contributed by atoms with E-state index in [0.29, 0.717) is 5.92 Å². The van der Waals surface area contributed by atoms with Crippen LogP contribution in [0.2, 0.25) is 0 Å². The lowest BCUT2D eigenvalue weighted by Crippen LogP contribution is -2.10. The molecular weight excluding hydrogens is 312 g/mol. The highest BCUT2D eigenvalue weighted by atomic mass is 14.2. The van der Waals surface area contributed by atoms with Gasteiger partial charge in [-0.15, -0.1) is 0 Å². The van der Waals surface area contributed by atoms with Crippen molar-refractivity contribution >= 4 is 0 Å². The van der Waals surface area contributed by atoms with Crippen LogP contribution in [0.1, 0.15) is 55.9 Å². The molecule has 134 valence electrons. The Kier molecular flexibility index (Phi) is 5.32. The fraction of sp³-hybridized carbons (Fsp3) is 0.308. The Balaban J connectivity index is 1.71. The molecule has 0 amide bonds. The first-order valence-electron chi connectivity index (χ1n) is 9.59. The predicted molar refractivity (Wildman–Crippen MR) is 114 cm³/mol. The quantitative estimate of drug-likeness (QED) is 0.466. The Morgan fingerprint density at radius 1 is 0.769 bits per heavy atom. The van der Waals surface area contributed by atoms with E-state index in [1.807, 2.05) is 0 Å². The summed E-state index contributed by atoms with van der Waals surface area (Å²) in [4.78, 5) is 0. The van der Waals surface area contributed by atoms with Crippen LogP contribution >= 0.6 is 0 Å². The summed E-state index contributed by atoms with van der Waals surface area (Å²) in [7, 11) is 0. The van der Waals surface area contributed by atoms with Gasteiger partial charge < -0.3 is 0 Å². The summed E-state index contributed by atoms with van der Waals surface area (Å²) in [5.74, 6) is 0.516. The van der Waals surface area contributed by atoms with Crippen molar-refractivity contribution in [2.24, 2.45) is 0 Å². The van der Waals surface area contributed by atoms with E-state index in [4.69, 9.17) is 0 Å². The second-order valence-corrected chi connectivity index (χ2v) is 8.54. The minimum Gasteiger partial charge on any atom is -0.0614 e. The van der Waals surface area contributed by atoms with Gasteiger partial charge in [-0.3, -0.25) is 0 Å². The third-order valence-corrected chi connectivity index (χ3v) is 5.19. The van der Waals surface area contributed by atoms with E-state index < -0.39 is 0 Å². The predicted octanol–water partition coefficient (Wildman–Crippen LogP) is 7.31. The lowest BCUT2D eigenvalue weighted by molar-refractivity contribution is 0.589. The molecule has 3 rings (SSSR count). The molecule has 26 heavy (non-hydrogen) atoms. The van der Waals surface area contributed by atoms with Crippen LogP contribution in [-0.2, 0) is 11.8 Å². The molecular formula is C26H30. The molecule has 0 fully saturated rings. The van der Waals surface area contributed by atoms with Gasteiger partial charge in [-0.2, -0.15) is 0 Å². The normalized spacial score (nSPS) is 12.8. The zero-order valence-corrected chi connectivity index (χ0v) is 16.7. The van der Waals surface area contributed by atoms with E-state index in [0.717, 1.165) is 6.42 Å². The van der Waals surface area contributed by atoms with Gasteiger partial charge in [-0.25, -0.2) is 0 Å². The van der Waals surface area contributed by atoms with Crippen LogP contribution in [0.3, 0.4) is 0 Å². The topological polar surface area (TPSA) is 0 Å². The molecule has 0 N–H and O–H groups in total. The van der Waals surface area contributed by atoms with Crippen LogP contribution in [-0.4, -0.2) is 0 Å². The first kappa shape index (κ1) is 18.5. The smallest absolute Gasteiger partial charge is 0.0132 e. The lowest BCUT2D eigenvalue weighted by atomic mass is 9.85. The van der Waals surface area contributed by atoms with E-state index >= 15 is 0 Å². The summed E-state index contributed by atoms with van der Waals surface area (Å²) >= 11 is 0. The van der Waals surface area contributed by atoms with E-state index in [1.54, 1.807) is 0 Å². The summed E-state index contributed by atoms with van der Waals surface area (Å²) in [5, 5.41) is 0. The van der Waals surface area contributed by atoms with Gasteiger partial charge in [0.05, 0.1) is 0 Å². The molecule has 0 saturated carbocycles. The molecule has 0 bridgehead atoms. The Hall–Kier alpha value is -2.34. The van der Waals surface area contributed by atoms with Gasteiger partial charge in [-0.1, -0.05) is 106 Å². The van der Waals surface area contributed by atoms with Crippen molar-refractivity contribution in [1.29, 1.82) is 0 Å². The zero-order valence-electron chi connectivity index (χ0n) is 16.7. The van der Waals surface area contributed by atoms with Crippen molar-refractivity contribution in [3.8, 4) is 11.1 Å². The van der Waals surface area contributed by atoms with Crippen LogP contribution < -0.4 is 0 Å². The Morgan fingerprint density at radius 3 is 2.00 bits per heavy atom. The Morgan fingerprint density at radius 2 is 1.42 bits per heavy atom. The first-order chi connectivity index (χ1) is 12.3. The maximum atomic E-state index is 2.32. The van der Waals surface area contributed by atoms with E-state index in [-0.39, 0.29) is 5.41 Å². The van der Waals surface area contributed by atoms with Crippen LogP contribution in [0, 0.1) is 6.92 Å². The SMILES string of the molecule is Cc1cccc(-c2ccc(C(C)Cc3ccc(C(C)(C)C)cc3)cc2)c1. The van der Waals surface area contributed by atoms with Crippen LogP contribution in [0.4, 0.5) is 0 Å². The van der Waals surface area contributed by atoms with Gasteiger partial charge in [0.2, 0.25) is 0 Å². The lowest BCUT2D eigenvalue weighted by Gasteiger charge is -2.20. The molecule has 0 aliphatic rings. The third-order valence-electron chi connectivity index (χ3n) is 5.19. The summed E-state index contributed by atoms with van der Waals surface area (Å²) in [6, 6.07) is 26.9. The van der Waals surface area contributed by atoms with Gasteiger partial charge in [0, 0.05) is 0 Å². The van der Waals surface area contributed by atoms with Gasteiger partial charge in [0.15, 0.2) is 0 Å². The molecule has 3 aromatic rings. The molecule has 0 saturated heterocycles. The maximum Gasteiger partial charge on any atom is -0.0132 e. The highest BCUT2D eigenvalue weighted by molar-refractivity contribution is 5.64. The van der Waals surface area contributed by atoms with Crippen molar-refractivity contribution in [3.05, 3.63) is 95.1 Å². The van der Waals surface area contributed by atoms with Gasteiger partial charge in [-0.05, 0) is 52.5 Å². The van der Waals surface area contributed by atoms with Gasteiger partial charge >= 0.3 is 0 Å². The third kappa shape index (κ3) is 4.43. The number of rotatable bonds is 4. The van der Waals surface area contributed by atoms with Crippen molar-refractivity contribution in [2.45, 2.75) is 52.4 Å². The molecule has 0 aliphatic carbocycles. The van der Waals surface area contributed by atoms with E-state index in [9.17, 15) is 0 Å². The average molecular weight is 343 g/mol. The second-order valence-electron chi connectivity index (χ2n) is 8.54. The zero-order chi connectivity index (χ0) is 18.7. The van der Waals surface area contributed by atoms with Gasteiger partial charge in [0.1, 0.15) is 0 Å². The molecule has 0 aliphatic heterocycles. The number of benzene rings is 3. The fourth-order valence-corrected chi connectivity index (χ4v) is 3.44. The molecule has 0 spiro atoms. The summed E-state index contributed by atoms with van der Waals surface area (Å²) < 4.78 is 0. The standard InChI is InChI=1S/C26H30/c1-19-7-6-8-24(17-19)23-13-11-22(12-14-23)20(2)18-21-9-15-25(16-10-21)26(3,4)5/h6-17,20H,18H2,1-5H3. The van der Waals surface area contributed by atoms with E-state index in [1.165, 1.54) is 33.4 Å². The largest absolute Gasteiger partial charge is 0.0614 e. The van der Waals surface area contributed by atoms with E-state index in [2.05, 4.69) is 107 Å². The van der Waals surface area contributed by atoms with Crippen molar-refractivity contribution in [1.82, 2.24) is 0 Å². The van der Waals surface area contributed by atoms with Crippen molar-refractivity contribution in [3.63, 3.8) is 0 Å². The Bertz CT molecular complexity index is 846. The minimum absolute atomic E-state index is 0.218. The average Bonchev–Trinajstić information content (AvgIpc) is 2.61. The first-order valence-corrected chi connectivity index (χ1v) is 9.59. The molecule has 0 heterocycles. The number of hydrogen-bond acceptors (Lipinski definition) is 0. The maximum absolute atomic E-state index is 2.32. The van der Waals surface area contributed by atoms with Crippen LogP contribution in [0.25, 0.3) is 11.1 Å². The fourth-order valence-electron chi connectivity index (χ4n) is 3.44. The molecule has 0 heteroatoms. The molecule has 0 aromatic heterocycles. The molecule has 1 atom stereocenters. The van der Waals surface area contributed by atoms with Crippen LogP contribution in [0.15, 0.2) is 72.8 Å². The monoisotopic (exact) mass is 342 g/mol. The molecule has 0 nitrogen and oxygen atoms in total. The highest BCUT2D eigenvalue weighted by Crippen LogP contribution is 2.27. The second kappa shape index (κ2) is 7.50. The van der Waals surface area contributed by atoms with Crippen molar-refractivity contribution in [2.75, 3.05) is 0 Å². The molecule has 0 radical (unpaired) electrons. The summed E-state index contributed by atoms with van der Waals surface area (Å²) in [6.45, 7) is 11.3. The minimum atomic E-state index is 0.218. The number of hydrogen-bond donors (Lipinski definition) is 0. The van der Waals surface area contributed by atoms with Crippen LogP contribution in [0.5, 0.6) is 0 Å². The summed E-state index contributed by atoms with van der Waals surface area (Å²) in [6.07, 6.45) is 1.08. The summed E-state index contributed by atoms with van der Waals surface area (Å²) in [5.41, 5.74) is 8.32. The van der Waals surface area contributed by atoms with Crippen molar-refractivity contribution < 1.29 is 0 Å². The highest BCUT2D eigenvalue weighted by Gasteiger charge is 2.13. The molecule has 1 unspecified atom stereocenters.